The second kappa shape index (κ2) is 7.09. The van der Waals surface area contributed by atoms with Crippen molar-refractivity contribution in [3.05, 3.63) is 29.3 Å². The Labute approximate surface area is 120 Å². The number of rotatable bonds is 6. The van der Waals surface area contributed by atoms with Gasteiger partial charge in [-0.25, -0.2) is 14.6 Å². The van der Waals surface area contributed by atoms with Crippen LogP contribution in [0.15, 0.2) is 12.1 Å². The number of hydrazine groups is 1. The molecule has 116 valence electrons. The summed E-state index contributed by atoms with van der Waals surface area (Å²) in [4.78, 5) is 22.6. The van der Waals surface area contributed by atoms with Crippen LogP contribution in [0.5, 0.6) is 5.75 Å². The SMILES string of the molecule is CC(=O)C[C@@H](N)C(=O)N(N)CCc1cc(F)c(O)c(F)c1. The average Bonchev–Trinajstić information content (AvgIpc) is 2.40. The molecule has 1 aromatic carbocycles. The van der Waals surface area contributed by atoms with Crippen LogP contribution in [0.3, 0.4) is 0 Å². The number of amides is 1. The summed E-state index contributed by atoms with van der Waals surface area (Å²) in [5.74, 6) is 1.39. The van der Waals surface area contributed by atoms with Crippen molar-refractivity contribution in [1.82, 2.24) is 5.01 Å². The topological polar surface area (TPSA) is 110 Å². The Bertz CT molecular complexity index is 528. The summed E-state index contributed by atoms with van der Waals surface area (Å²) in [5, 5.41) is 9.77. The molecule has 0 aliphatic heterocycles. The molecule has 0 radical (unpaired) electrons. The third-order valence-electron chi connectivity index (χ3n) is 2.83. The Kier molecular flexibility index (Phi) is 5.74. The van der Waals surface area contributed by atoms with E-state index >= 15 is 0 Å². The molecule has 0 saturated carbocycles. The van der Waals surface area contributed by atoms with E-state index in [1.165, 1.54) is 6.92 Å². The van der Waals surface area contributed by atoms with Crippen molar-refractivity contribution < 1.29 is 23.5 Å². The fraction of sp³-hybridized carbons (Fsp3) is 0.385. The maximum Gasteiger partial charge on any atom is 0.253 e. The Hall–Kier alpha value is -2.06. The van der Waals surface area contributed by atoms with Gasteiger partial charge in [-0.3, -0.25) is 14.6 Å². The molecule has 0 aromatic heterocycles. The molecule has 0 spiro atoms. The normalized spacial score (nSPS) is 12.0. The van der Waals surface area contributed by atoms with Gasteiger partial charge in [-0.2, -0.15) is 0 Å². The van der Waals surface area contributed by atoms with Crippen LogP contribution in [-0.4, -0.2) is 34.4 Å². The number of phenolic OH excluding ortho intramolecular Hbond substituents is 1. The van der Waals surface area contributed by atoms with Gasteiger partial charge in [0.1, 0.15) is 5.78 Å². The first-order chi connectivity index (χ1) is 9.72. The lowest BCUT2D eigenvalue weighted by Gasteiger charge is -2.20. The third kappa shape index (κ3) is 4.76. The zero-order chi connectivity index (χ0) is 16.2. The largest absolute Gasteiger partial charge is 0.503 e. The molecule has 0 bridgehead atoms. The highest BCUT2D eigenvalue weighted by molar-refractivity contribution is 5.87. The first-order valence-corrected chi connectivity index (χ1v) is 6.20. The Morgan fingerprint density at radius 2 is 1.86 bits per heavy atom. The summed E-state index contributed by atoms with van der Waals surface area (Å²) >= 11 is 0. The van der Waals surface area contributed by atoms with E-state index in [1.54, 1.807) is 0 Å². The molecule has 21 heavy (non-hydrogen) atoms. The van der Waals surface area contributed by atoms with E-state index in [4.69, 9.17) is 16.7 Å². The summed E-state index contributed by atoms with van der Waals surface area (Å²) in [6.07, 6.45) is -0.0574. The highest BCUT2D eigenvalue weighted by Gasteiger charge is 2.20. The van der Waals surface area contributed by atoms with Crippen LogP contribution in [0.1, 0.15) is 18.9 Å². The number of benzene rings is 1. The van der Waals surface area contributed by atoms with E-state index in [-0.39, 0.29) is 30.7 Å². The third-order valence-corrected chi connectivity index (χ3v) is 2.83. The average molecular weight is 301 g/mol. The fourth-order valence-electron chi connectivity index (χ4n) is 1.73. The summed E-state index contributed by atoms with van der Waals surface area (Å²) in [5.41, 5.74) is 5.74. The summed E-state index contributed by atoms with van der Waals surface area (Å²) in [7, 11) is 0. The number of ketones is 1. The van der Waals surface area contributed by atoms with Gasteiger partial charge in [0.15, 0.2) is 17.4 Å². The van der Waals surface area contributed by atoms with Gasteiger partial charge < -0.3 is 10.8 Å². The molecule has 0 fully saturated rings. The lowest BCUT2D eigenvalue weighted by Crippen LogP contribution is -2.49. The molecule has 6 nitrogen and oxygen atoms in total. The number of carbonyl (C=O) groups excluding carboxylic acids is 2. The van der Waals surface area contributed by atoms with Gasteiger partial charge in [0.2, 0.25) is 0 Å². The van der Waals surface area contributed by atoms with Crippen LogP contribution >= 0.6 is 0 Å². The van der Waals surface area contributed by atoms with Gasteiger partial charge in [0.25, 0.3) is 5.91 Å². The molecule has 1 rings (SSSR count). The molecule has 1 amide bonds. The fourth-order valence-corrected chi connectivity index (χ4v) is 1.73. The predicted octanol–water partition coefficient (Wildman–Crippen LogP) is 0.222. The highest BCUT2D eigenvalue weighted by Crippen LogP contribution is 2.21. The van der Waals surface area contributed by atoms with Crippen LogP contribution < -0.4 is 11.6 Å². The number of nitrogens with two attached hydrogens (primary N) is 2. The van der Waals surface area contributed by atoms with Crippen molar-refractivity contribution in [3.8, 4) is 5.75 Å². The Morgan fingerprint density at radius 1 is 1.33 bits per heavy atom. The molecule has 5 N–H and O–H groups in total. The number of phenols is 1. The molecular formula is C13H17F2N3O3. The smallest absolute Gasteiger partial charge is 0.253 e. The zero-order valence-corrected chi connectivity index (χ0v) is 11.5. The maximum absolute atomic E-state index is 13.1. The second-order valence-corrected chi connectivity index (χ2v) is 4.70. The summed E-state index contributed by atoms with van der Waals surface area (Å²) in [6.45, 7) is 1.27. The summed E-state index contributed by atoms with van der Waals surface area (Å²) < 4.78 is 26.3. The monoisotopic (exact) mass is 301 g/mol. The number of nitrogens with zero attached hydrogens (tertiary/aromatic N) is 1. The maximum atomic E-state index is 13.1. The predicted molar refractivity (Wildman–Crippen MR) is 70.9 cm³/mol. The minimum Gasteiger partial charge on any atom is -0.503 e. The molecule has 0 heterocycles. The van der Waals surface area contributed by atoms with E-state index in [2.05, 4.69) is 0 Å². The number of aromatic hydroxyl groups is 1. The van der Waals surface area contributed by atoms with Crippen LogP contribution in [0.25, 0.3) is 0 Å². The standard InChI is InChI=1S/C13H17F2N3O3/c1-7(19)4-11(16)13(21)18(17)3-2-8-5-9(14)12(20)10(15)6-8/h5-6,11,20H,2-4,16-17H2,1H3/t11-/m1/s1. The minimum absolute atomic E-state index is 0.0336. The van der Waals surface area contributed by atoms with Gasteiger partial charge in [-0.1, -0.05) is 0 Å². The molecular weight excluding hydrogens is 284 g/mol. The van der Waals surface area contributed by atoms with Crippen molar-refractivity contribution >= 4 is 11.7 Å². The number of hydrogen-bond donors (Lipinski definition) is 3. The zero-order valence-electron chi connectivity index (χ0n) is 11.5. The Morgan fingerprint density at radius 3 is 2.33 bits per heavy atom. The quantitative estimate of drug-likeness (QED) is 0.395. The molecule has 0 aliphatic carbocycles. The lowest BCUT2D eigenvalue weighted by molar-refractivity contribution is -0.134. The molecule has 0 saturated heterocycles. The molecule has 1 aromatic rings. The molecule has 0 unspecified atom stereocenters. The van der Waals surface area contributed by atoms with E-state index in [1.807, 2.05) is 0 Å². The number of carbonyl (C=O) groups is 2. The van der Waals surface area contributed by atoms with Gasteiger partial charge in [0, 0.05) is 13.0 Å². The first-order valence-electron chi connectivity index (χ1n) is 6.20. The van der Waals surface area contributed by atoms with Crippen LogP contribution in [0.4, 0.5) is 8.78 Å². The van der Waals surface area contributed by atoms with E-state index in [0.29, 0.717) is 0 Å². The molecule has 0 aliphatic rings. The first kappa shape index (κ1) is 17.0. The lowest BCUT2D eigenvalue weighted by atomic mass is 10.1. The number of hydrogen-bond acceptors (Lipinski definition) is 5. The summed E-state index contributed by atoms with van der Waals surface area (Å²) in [6, 6.07) is 0.860. The van der Waals surface area contributed by atoms with Crippen molar-refractivity contribution in [2.45, 2.75) is 25.8 Å². The van der Waals surface area contributed by atoms with Crippen LogP contribution in [0, 0.1) is 11.6 Å². The van der Waals surface area contributed by atoms with Gasteiger partial charge in [-0.05, 0) is 31.0 Å². The Balaban J connectivity index is 2.62. The number of halogens is 2. The van der Waals surface area contributed by atoms with Crippen LogP contribution in [0.2, 0.25) is 0 Å². The van der Waals surface area contributed by atoms with Gasteiger partial charge >= 0.3 is 0 Å². The van der Waals surface area contributed by atoms with Crippen molar-refractivity contribution in [2.75, 3.05) is 6.54 Å². The van der Waals surface area contributed by atoms with E-state index < -0.39 is 29.3 Å². The van der Waals surface area contributed by atoms with Crippen LogP contribution in [-0.2, 0) is 16.0 Å². The van der Waals surface area contributed by atoms with Crippen molar-refractivity contribution in [1.29, 1.82) is 0 Å². The van der Waals surface area contributed by atoms with E-state index in [9.17, 15) is 18.4 Å². The second-order valence-electron chi connectivity index (χ2n) is 4.70. The minimum atomic E-state index is -1.09. The van der Waals surface area contributed by atoms with Crippen molar-refractivity contribution in [2.24, 2.45) is 11.6 Å². The van der Waals surface area contributed by atoms with Gasteiger partial charge in [0.05, 0.1) is 6.04 Å². The molecule has 1 atom stereocenters. The number of Topliss-reactive ketones (excluding diaryl/α,β-unsaturated/α-hetero) is 1. The highest BCUT2D eigenvalue weighted by atomic mass is 19.1. The molecule has 8 heteroatoms. The van der Waals surface area contributed by atoms with E-state index in [0.717, 1.165) is 17.1 Å². The van der Waals surface area contributed by atoms with Crippen molar-refractivity contribution in [3.63, 3.8) is 0 Å². The van der Waals surface area contributed by atoms with Gasteiger partial charge in [-0.15, -0.1) is 0 Å².